The lowest BCUT2D eigenvalue weighted by Gasteiger charge is -2.13. The van der Waals surface area contributed by atoms with E-state index in [1.165, 1.54) is 0 Å². The van der Waals surface area contributed by atoms with Crippen molar-refractivity contribution in [1.82, 2.24) is 0 Å². The predicted molar refractivity (Wildman–Crippen MR) is 78.1 cm³/mol. The summed E-state index contributed by atoms with van der Waals surface area (Å²) in [4.78, 5) is 11.1. The van der Waals surface area contributed by atoms with Crippen LogP contribution < -0.4 is 10.1 Å². The number of rotatable bonds is 4. The molecule has 0 aliphatic carbocycles. The maximum atomic E-state index is 11.1. The predicted octanol–water partition coefficient (Wildman–Crippen LogP) is 4.56. The van der Waals surface area contributed by atoms with Gasteiger partial charge in [0.15, 0.2) is 6.29 Å². The van der Waals surface area contributed by atoms with Crippen LogP contribution in [0.1, 0.15) is 10.4 Å². The normalized spacial score (nSPS) is 10.1. The number of benzene rings is 2. The van der Waals surface area contributed by atoms with E-state index in [0.29, 0.717) is 32.7 Å². The molecule has 0 spiro atoms. The van der Waals surface area contributed by atoms with Crippen molar-refractivity contribution in [3.05, 3.63) is 52.0 Å². The van der Waals surface area contributed by atoms with Gasteiger partial charge in [-0.2, -0.15) is 0 Å². The minimum absolute atomic E-state index is 0.496. The summed E-state index contributed by atoms with van der Waals surface area (Å²) in [7, 11) is 1.54. The van der Waals surface area contributed by atoms with Crippen LogP contribution in [-0.4, -0.2) is 13.4 Å². The second-order valence-electron chi connectivity index (χ2n) is 3.83. The molecule has 2 rings (SSSR count). The molecule has 0 saturated heterocycles. The zero-order chi connectivity index (χ0) is 13.8. The molecule has 3 nitrogen and oxygen atoms in total. The minimum atomic E-state index is 0.496. The van der Waals surface area contributed by atoms with Crippen LogP contribution in [0.2, 0.25) is 10.0 Å². The lowest BCUT2D eigenvalue weighted by Crippen LogP contribution is -1.99. The smallest absolute Gasteiger partial charge is 0.152 e. The van der Waals surface area contributed by atoms with Gasteiger partial charge >= 0.3 is 0 Å². The first-order valence-corrected chi connectivity index (χ1v) is 6.25. The average molecular weight is 296 g/mol. The number of anilines is 2. The van der Waals surface area contributed by atoms with Crippen LogP contribution >= 0.6 is 23.2 Å². The van der Waals surface area contributed by atoms with E-state index in [1.54, 1.807) is 43.5 Å². The van der Waals surface area contributed by atoms with Crippen LogP contribution in [0.25, 0.3) is 0 Å². The molecule has 0 aliphatic heterocycles. The SMILES string of the molecule is COc1cccc(C=O)c1Nc1cc(Cl)cc(Cl)c1. The fourth-order valence-electron chi connectivity index (χ4n) is 1.72. The van der Waals surface area contributed by atoms with Crippen molar-refractivity contribution in [3.8, 4) is 5.75 Å². The molecule has 1 N–H and O–H groups in total. The molecular weight excluding hydrogens is 285 g/mol. The van der Waals surface area contributed by atoms with Crippen LogP contribution in [-0.2, 0) is 0 Å². The number of methoxy groups -OCH3 is 1. The van der Waals surface area contributed by atoms with Crippen LogP contribution in [0.3, 0.4) is 0 Å². The van der Waals surface area contributed by atoms with E-state index < -0.39 is 0 Å². The third-order valence-electron chi connectivity index (χ3n) is 2.54. The highest BCUT2D eigenvalue weighted by molar-refractivity contribution is 6.35. The van der Waals surface area contributed by atoms with Gasteiger partial charge < -0.3 is 10.1 Å². The van der Waals surface area contributed by atoms with Gasteiger partial charge in [0, 0.05) is 21.3 Å². The first-order valence-electron chi connectivity index (χ1n) is 5.49. The minimum Gasteiger partial charge on any atom is -0.495 e. The highest BCUT2D eigenvalue weighted by Crippen LogP contribution is 2.32. The van der Waals surface area contributed by atoms with Crippen molar-refractivity contribution in [3.63, 3.8) is 0 Å². The summed E-state index contributed by atoms with van der Waals surface area (Å²) in [5.74, 6) is 0.570. The molecule has 0 heterocycles. The number of ether oxygens (including phenoxy) is 1. The van der Waals surface area contributed by atoms with E-state index in [0.717, 1.165) is 6.29 Å². The Bertz CT molecular complexity index is 594. The van der Waals surface area contributed by atoms with Gasteiger partial charge in [-0.25, -0.2) is 0 Å². The summed E-state index contributed by atoms with van der Waals surface area (Å²) in [6.07, 6.45) is 0.761. The molecule has 0 aliphatic rings. The third kappa shape index (κ3) is 3.19. The Morgan fingerprint density at radius 2 is 1.84 bits per heavy atom. The van der Waals surface area contributed by atoms with Crippen LogP contribution in [0, 0.1) is 0 Å². The topological polar surface area (TPSA) is 38.3 Å². The van der Waals surface area contributed by atoms with Crippen LogP contribution in [0.5, 0.6) is 5.75 Å². The Labute approximate surface area is 121 Å². The second kappa shape index (κ2) is 5.95. The van der Waals surface area contributed by atoms with E-state index in [4.69, 9.17) is 27.9 Å². The van der Waals surface area contributed by atoms with Gasteiger partial charge in [-0.1, -0.05) is 29.3 Å². The standard InChI is InChI=1S/C14H11Cl2NO2/c1-19-13-4-2-3-9(8-18)14(13)17-12-6-10(15)5-11(16)7-12/h2-8,17H,1H3. The van der Waals surface area contributed by atoms with Gasteiger partial charge in [-0.15, -0.1) is 0 Å². The summed E-state index contributed by atoms with van der Waals surface area (Å²) < 4.78 is 5.23. The van der Waals surface area contributed by atoms with Gasteiger partial charge in [-0.3, -0.25) is 4.79 Å². The molecule has 19 heavy (non-hydrogen) atoms. The molecular formula is C14H11Cl2NO2. The van der Waals surface area contributed by atoms with E-state index >= 15 is 0 Å². The molecule has 0 unspecified atom stereocenters. The Morgan fingerprint density at radius 1 is 1.16 bits per heavy atom. The Balaban J connectivity index is 2.44. The molecule has 0 saturated carbocycles. The number of carbonyl (C=O) groups excluding carboxylic acids is 1. The van der Waals surface area contributed by atoms with Crippen LogP contribution in [0.15, 0.2) is 36.4 Å². The Morgan fingerprint density at radius 3 is 2.42 bits per heavy atom. The zero-order valence-corrected chi connectivity index (χ0v) is 11.6. The molecule has 0 amide bonds. The number of hydrogen-bond donors (Lipinski definition) is 1. The Kier molecular flexibility index (Phi) is 4.30. The van der Waals surface area contributed by atoms with Crippen molar-refractivity contribution in [2.45, 2.75) is 0 Å². The van der Waals surface area contributed by atoms with Crippen molar-refractivity contribution in [2.24, 2.45) is 0 Å². The number of halogens is 2. The van der Waals surface area contributed by atoms with E-state index in [9.17, 15) is 4.79 Å². The summed E-state index contributed by atoms with van der Waals surface area (Å²) in [5, 5.41) is 4.12. The van der Waals surface area contributed by atoms with E-state index in [1.807, 2.05) is 0 Å². The van der Waals surface area contributed by atoms with Crippen LogP contribution in [0.4, 0.5) is 11.4 Å². The maximum Gasteiger partial charge on any atom is 0.152 e. The third-order valence-corrected chi connectivity index (χ3v) is 2.97. The van der Waals surface area contributed by atoms with Gasteiger partial charge in [0.1, 0.15) is 5.75 Å². The van der Waals surface area contributed by atoms with Gasteiger partial charge in [-0.05, 0) is 30.3 Å². The quantitative estimate of drug-likeness (QED) is 0.841. The molecule has 0 radical (unpaired) electrons. The van der Waals surface area contributed by atoms with Crippen molar-refractivity contribution in [2.75, 3.05) is 12.4 Å². The number of carbonyl (C=O) groups is 1. The lowest BCUT2D eigenvalue weighted by molar-refractivity contribution is 0.112. The molecule has 0 fully saturated rings. The molecule has 0 aromatic heterocycles. The van der Waals surface area contributed by atoms with Gasteiger partial charge in [0.2, 0.25) is 0 Å². The largest absolute Gasteiger partial charge is 0.495 e. The van der Waals surface area contributed by atoms with Gasteiger partial charge in [0.05, 0.1) is 12.8 Å². The average Bonchev–Trinajstić information content (AvgIpc) is 2.37. The number of nitrogens with one attached hydrogen (secondary N) is 1. The molecule has 5 heteroatoms. The van der Waals surface area contributed by atoms with Crippen molar-refractivity contribution < 1.29 is 9.53 Å². The number of para-hydroxylation sites is 1. The summed E-state index contributed by atoms with van der Waals surface area (Å²) >= 11 is 11.9. The maximum absolute atomic E-state index is 11.1. The van der Waals surface area contributed by atoms with Crippen molar-refractivity contribution in [1.29, 1.82) is 0 Å². The monoisotopic (exact) mass is 295 g/mol. The zero-order valence-electron chi connectivity index (χ0n) is 10.1. The fraction of sp³-hybridized carbons (Fsp3) is 0.0714. The molecule has 0 bridgehead atoms. The highest BCUT2D eigenvalue weighted by atomic mass is 35.5. The first kappa shape index (κ1) is 13.7. The summed E-state index contributed by atoms with van der Waals surface area (Å²) in [6, 6.07) is 10.3. The molecule has 98 valence electrons. The molecule has 0 atom stereocenters. The van der Waals surface area contributed by atoms with E-state index in [-0.39, 0.29) is 0 Å². The van der Waals surface area contributed by atoms with Gasteiger partial charge in [0.25, 0.3) is 0 Å². The molecule has 2 aromatic rings. The van der Waals surface area contributed by atoms with E-state index in [2.05, 4.69) is 5.32 Å². The second-order valence-corrected chi connectivity index (χ2v) is 4.70. The number of hydrogen-bond acceptors (Lipinski definition) is 3. The van der Waals surface area contributed by atoms with Crippen molar-refractivity contribution >= 4 is 40.9 Å². The first-order chi connectivity index (χ1) is 9.13. The highest BCUT2D eigenvalue weighted by Gasteiger charge is 2.09. The summed E-state index contributed by atoms with van der Waals surface area (Å²) in [5.41, 5.74) is 1.76. The Hall–Kier alpha value is -1.71. The number of aldehydes is 1. The lowest BCUT2D eigenvalue weighted by atomic mass is 10.1. The summed E-state index contributed by atoms with van der Waals surface area (Å²) in [6.45, 7) is 0. The fourth-order valence-corrected chi connectivity index (χ4v) is 2.25. The molecule has 2 aromatic carbocycles.